The van der Waals surface area contributed by atoms with Crippen molar-refractivity contribution in [3.63, 3.8) is 0 Å². The van der Waals surface area contributed by atoms with Crippen LogP contribution in [0.3, 0.4) is 0 Å². The van der Waals surface area contributed by atoms with Gasteiger partial charge in [-0.2, -0.15) is 10.4 Å². The Kier molecular flexibility index (Phi) is 5.64. The highest BCUT2D eigenvalue weighted by atomic mass is 16.5. The first-order chi connectivity index (χ1) is 12.6. The van der Waals surface area contributed by atoms with Gasteiger partial charge in [-0.3, -0.25) is 9.59 Å². The number of nitrogens with zero attached hydrogens (tertiary/aromatic N) is 3. The normalized spacial score (nSPS) is 14.3. The fourth-order valence-corrected chi connectivity index (χ4v) is 2.38. The van der Waals surface area contributed by atoms with Crippen molar-refractivity contribution in [2.75, 3.05) is 0 Å². The van der Waals surface area contributed by atoms with E-state index in [0.717, 1.165) is 4.68 Å². The molecule has 1 amide bonds. The van der Waals surface area contributed by atoms with E-state index < -0.39 is 23.5 Å². The van der Waals surface area contributed by atoms with Gasteiger partial charge in [0.1, 0.15) is 5.54 Å². The van der Waals surface area contributed by atoms with Gasteiger partial charge in [-0.25, -0.2) is 9.48 Å². The summed E-state index contributed by atoms with van der Waals surface area (Å²) in [5.41, 5.74) is -1.48. The second kappa shape index (κ2) is 7.58. The maximum absolute atomic E-state index is 12.6. The lowest BCUT2D eigenvalue weighted by atomic mass is 9.90. The van der Waals surface area contributed by atoms with E-state index in [9.17, 15) is 19.6 Å². The van der Waals surface area contributed by atoms with E-state index in [0.29, 0.717) is 10.8 Å². The summed E-state index contributed by atoms with van der Waals surface area (Å²) in [5, 5.41) is 16.6. The van der Waals surface area contributed by atoms with E-state index in [1.807, 2.05) is 0 Å². The largest absolute Gasteiger partial charge is 0.448 e. The van der Waals surface area contributed by atoms with Crippen LogP contribution in [0, 0.1) is 17.2 Å². The lowest BCUT2D eigenvalue weighted by Crippen LogP contribution is -2.52. The van der Waals surface area contributed by atoms with Crippen LogP contribution in [0.5, 0.6) is 0 Å². The van der Waals surface area contributed by atoms with Crippen molar-refractivity contribution in [3.8, 4) is 6.07 Å². The van der Waals surface area contributed by atoms with Crippen LogP contribution in [0.1, 0.15) is 38.2 Å². The number of esters is 1. The number of ether oxygens (including phenoxy) is 1. The van der Waals surface area contributed by atoms with E-state index in [2.05, 4.69) is 16.5 Å². The molecule has 0 bridgehead atoms. The fourth-order valence-electron chi connectivity index (χ4n) is 2.38. The van der Waals surface area contributed by atoms with Crippen LogP contribution < -0.4 is 10.9 Å². The summed E-state index contributed by atoms with van der Waals surface area (Å²) in [6.45, 7) is 6.63. The van der Waals surface area contributed by atoms with Crippen molar-refractivity contribution in [1.82, 2.24) is 15.1 Å². The number of carbonyl (C=O) groups excluding carboxylic acids is 2. The summed E-state index contributed by atoms with van der Waals surface area (Å²) >= 11 is 0. The molecule has 142 valence electrons. The van der Waals surface area contributed by atoms with E-state index in [1.54, 1.807) is 45.0 Å². The molecular weight excluding hydrogens is 348 g/mol. The minimum atomic E-state index is -1.14. The van der Waals surface area contributed by atoms with Gasteiger partial charge in [0.25, 0.3) is 11.5 Å². The molecule has 2 atom stereocenters. The Bertz CT molecular complexity index is 989. The number of rotatable bonds is 5. The number of hydrogen-bond acceptors (Lipinski definition) is 6. The second-order valence-corrected chi connectivity index (χ2v) is 6.83. The Morgan fingerprint density at radius 2 is 1.85 bits per heavy atom. The number of aryl methyl sites for hydroxylation is 1. The predicted octanol–water partition coefficient (Wildman–Crippen LogP) is 1.53. The number of nitrogens with one attached hydrogen (secondary N) is 1. The number of nitriles is 1. The first-order valence-corrected chi connectivity index (χ1v) is 8.51. The van der Waals surface area contributed by atoms with Gasteiger partial charge in [-0.15, -0.1) is 0 Å². The monoisotopic (exact) mass is 370 g/mol. The first kappa shape index (κ1) is 20.1. The molecule has 1 aromatic carbocycles. The molecule has 1 heterocycles. The third-order valence-corrected chi connectivity index (χ3v) is 4.57. The van der Waals surface area contributed by atoms with Crippen LogP contribution in [0.25, 0.3) is 10.8 Å². The molecule has 1 N–H and O–H groups in total. The highest BCUT2D eigenvalue weighted by Crippen LogP contribution is 2.17. The third kappa shape index (κ3) is 3.97. The molecule has 2 aromatic rings. The Hall–Kier alpha value is -3.21. The zero-order valence-corrected chi connectivity index (χ0v) is 15.9. The minimum absolute atomic E-state index is 0.0562. The van der Waals surface area contributed by atoms with Crippen LogP contribution in [0.4, 0.5) is 0 Å². The maximum Gasteiger partial charge on any atom is 0.360 e. The number of benzene rings is 1. The maximum atomic E-state index is 12.6. The Balaban J connectivity index is 2.27. The van der Waals surface area contributed by atoms with Crippen molar-refractivity contribution in [3.05, 3.63) is 40.3 Å². The third-order valence-electron chi connectivity index (χ3n) is 4.57. The van der Waals surface area contributed by atoms with Crippen LogP contribution >= 0.6 is 0 Å². The van der Waals surface area contributed by atoms with Crippen molar-refractivity contribution >= 4 is 22.6 Å². The quantitative estimate of drug-likeness (QED) is 0.799. The molecule has 0 saturated carbocycles. The van der Waals surface area contributed by atoms with Gasteiger partial charge in [0.2, 0.25) is 0 Å². The first-order valence-electron chi connectivity index (χ1n) is 8.51. The van der Waals surface area contributed by atoms with Gasteiger partial charge >= 0.3 is 5.97 Å². The van der Waals surface area contributed by atoms with E-state index >= 15 is 0 Å². The Morgan fingerprint density at radius 3 is 2.41 bits per heavy atom. The van der Waals surface area contributed by atoms with Gasteiger partial charge in [0.15, 0.2) is 11.8 Å². The molecule has 0 spiro atoms. The Morgan fingerprint density at radius 1 is 1.26 bits per heavy atom. The van der Waals surface area contributed by atoms with Gasteiger partial charge < -0.3 is 10.1 Å². The molecule has 8 nitrogen and oxygen atoms in total. The highest BCUT2D eigenvalue weighted by Gasteiger charge is 2.33. The topological polar surface area (TPSA) is 114 Å². The van der Waals surface area contributed by atoms with E-state index in [1.165, 1.54) is 14.0 Å². The summed E-state index contributed by atoms with van der Waals surface area (Å²) in [6, 6.07) is 8.61. The fraction of sp³-hybridized carbons (Fsp3) is 0.421. The molecule has 0 aliphatic heterocycles. The number of hydrogen-bond donors (Lipinski definition) is 1. The average molecular weight is 370 g/mol. The number of aromatic nitrogens is 2. The smallest absolute Gasteiger partial charge is 0.360 e. The molecule has 0 radical (unpaired) electrons. The summed E-state index contributed by atoms with van der Waals surface area (Å²) in [6.07, 6.45) is -1.14. The van der Waals surface area contributed by atoms with Gasteiger partial charge in [0, 0.05) is 12.4 Å². The zero-order valence-electron chi connectivity index (χ0n) is 15.9. The van der Waals surface area contributed by atoms with Crippen molar-refractivity contribution < 1.29 is 14.3 Å². The summed E-state index contributed by atoms with van der Waals surface area (Å²) in [5.74, 6) is -1.55. The summed E-state index contributed by atoms with van der Waals surface area (Å²) < 4.78 is 6.28. The molecule has 0 unspecified atom stereocenters. The number of fused-ring (bicyclic) bond motifs is 1. The van der Waals surface area contributed by atoms with Crippen LogP contribution in [-0.4, -0.2) is 33.3 Å². The molecule has 0 fully saturated rings. The van der Waals surface area contributed by atoms with Gasteiger partial charge in [-0.05, 0) is 25.8 Å². The van der Waals surface area contributed by atoms with Crippen LogP contribution in [0.2, 0.25) is 0 Å². The zero-order chi connectivity index (χ0) is 20.4. The Labute approximate surface area is 156 Å². The van der Waals surface area contributed by atoms with Crippen molar-refractivity contribution in [2.45, 2.75) is 39.3 Å². The molecule has 1 aromatic heterocycles. The molecular formula is C19H22N4O4. The lowest BCUT2D eigenvalue weighted by Gasteiger charge is -2.28. The van der Waals surface area contributed by atoms with Crippen molar-refractivity contribution in [2.24, 2.45) is 13.0 Å². The van der Waals surface area contributed by atoms with Crippen molar-refractivity contribution in [1.29, 1.82) is 5.26 Å². The highest BCUT2D eigenvalue weighted by molar-refractivity contribution is 6.02. The average Bonchev–Trinajstić information content (AvgIpc) is 2.64. The summed E-state index contributed by atoms with van der Waals surface area (Å²) in [7, 11) is 1.43. The van der Waals surface area contributed by atoms with E-state index in [-0.39, 0.29) is 17.2 Å². The molecule has 0 saturated heterocycles. The van der Waals surface area contributed by atoms with Gasteiger partial charge in [-0.1, -0.05) is 32.0 Å². The molecule has 2 rings (SSSR count). The van der Waals surface area contributed by atoms with Crippen LogP contribution in [0.15, 0.2) is 29.1 Å². The predicted molar refractivity (Wildman–Crippen MR) is 98.9 cm³/mol. The molecule has 27 heavy (non-hydrogen) atoms. The molecule has 8 heteroatoms. The number of carbonyl (C=O) groups is 2. The standard InChI is InChI=1S/C19H22N4O4/c1-11(2)19(4,10-20)21-16(24)12(3)27-18(26)15-13-8-6-7-9-14(13)17(25)23(5)22-15/h6-9,11-12H,1-5H3,(H,21,24)/t12-,19-/m1/s1. The van der Waals surface area contributed by atoms with Gasteiger partial charge in [0.05, 0.1) is 11.5 Å². The number of amides is 1. The second-order valence-electron chi connectivity index (χ2n) is 6.83. The molecule has 0 aliphatic rings. The lowest BCUT2D eigenvalue weighted by molar-refractivity contribution is -0.130. The SMILES string of the molecule is CC(C)[C@@](C)(C#N)NC(=O)[C@@H](C)OC(=O)c1nn(C)c(=O)c2ccccc12. The summed E-state index contributed by atoms with van der Waals surface area (Å²) in [4.78, 5) is 37.1. The minimum Gasteiger partial charge on any atom is -0.448 e. The van der Waals surface area contributed by atoms with E-state index in [4.69, 9.17) is 4.74 Å². The molecule has 0 aliphatic carbocycles. The van der Waals surface area contributed by atoms with Crippen LogP contribution in [-0.2, 0) is 16.6 Å².